The van der Waals surface area contributed by atoms with E-state index in [1.807, 2.05) is 49.4 Å². The average Bonchev–Trinajstić information content (AvgIpc) is 2.85. The van der Waals surface area contributed by atoms with Crippen LogP contribution in [0, 0.1) is 6.92 Å². The van der Waals surface area contributed by atoms with Gasteiger partial charge in [0.25, 0.3) is 15.9 Å². The van der Waals surface area contributed by atoms with Gasteiger partial charge in [0, 0.05) is 22.0 Å². The fourth-order valence-electron chi connectivity index (χ4n) is 3.26. The van der Waals surface area contributed by atoms with E-state index in [9.17, 15) is 13.2 Å². The SMILES string of the molecule is Cc1ccc(S(=O)(=O)Nc2ccc(Cl)c(C(=O)Nc3ccc(CSc4ccccc4)cc3)c2)cc1. The lowest BCUT2D eigenvalue weighted by atomic mass is 10.1. The van der Waals surface area contributed by atoms with Crippen LogP contribution < -0.4 is 10.0 Å². The van der Waals surface area contributed by atoms with Crippen molar-refractivity contribution in [2.45, 2.75) is 22.5 Å². The summed E-state index contributed by atoms with van der Waals surface area (Å²) in [4.78, 5) is 14.2. The summed E-state index contributed by atoms with van der Waals surface area (Å²) < 4.78 is 27.9. The zero-order chi connectivity index (χ0) is 24.8. The zero-order valence-electron chi connectivity index (χ0n) is 18.9. The first-order valence-electron chi connectivity index (χ1n) is 10.8. The molecular formula is C27H23ClN2O3S2. The van der Waals surface area contributed by atoms with Crippen molar-refractivity contribution >= 4 is 50.7 Å². The van der Waals surface area contributed by atoms with E-state index in [2.05, 4.69) is 22.2 Å². The lowest BCUT2D eigenvalue weighted by Gasteiger charge is -2.12. The number of hydrogen-bond acceptors (Lipinski definition) is 4. The van der Waals surface area contributed by atoms with Crippen molar-refractivity contribution in [3.05, 3.63) is 119 Å². The molecule has 35 heavy (non-hydrogen) atoms. The van der Waals surface area contributed by atoms with Crippen molar-refractivity contribution in [2.75, 3.05) is 10.0 Å². The predicted molar refractivity (Wildman–Crippen MR) is 144 cm³/mol. The lowest BCUT2D eigenvalue weighted by molar-refractivity contribution is 0.102. The number of benzene rings is 4. The predicted octanol–water partition coefficient (Wildman–Crippen LogP) is 6.99. The molecule has 4 aromatic rings. The molecule has 0 aliphatic carbocycles. The molecule has 0 spiro atoms. The molecule has 0 fully saturated rings. The third-order valence-corrected chi connectivity index (χ3v) is 7.96. The average molecular weight is 523 g/mol. The van der Waals surface area contributed by atoms with Crippen LogP contribution in [0.2, 0.25) is 5.02 Å². The van der Waals surface area contributed by atoms with E-state index >= 15 is 0 Å². The summed E-state index contributed by atoms with van der Waals surface area (Å²) in [5.41, 5.74) is 3.11. The van der Waals surface area contributed by atoms with Crippen LogP contribution in [0.4, 0.5) is 11.4 Å². The van der Waals surface area contributed by atoms with Crippen LogP contribution in [0.25, 0.3) is 0 Å². The number of halogens is 1. The molecule has 4 rings (SSSR count). The lowest BCUT2D eigenvalue weighted by Crippen LogP contribution is -2.15. The highest BCUT2D eigenvalue weighted by Crippen LogP contribution is 2.26. The number of nitrogens with one attached hydrogen (secondary N) is 2. The van der Waals surface area contributed by atoms with Crippen molar-refractivity contribution in [2.24, 2.45) is 0 Å². The van der Waals surface area contributed by atoms with Gasteiger partial charge in [0.2, 0.25) is 0 Å². The molecule has 1 amide bonds. The molecule has 178 valence electrons. The summed E-state index contributed by atoms with van der Waals surface area (Å²) in [5.74, 6) is 0.380. The Morgan fingerprint density at radius 1 is 0.857 bits per heavy atom. The molecule has 0 bridgehead atoms. The largest absolute Gasteiger partial charge is 0.322 e. The van der Waals surface area contributed by atoms with E-state index in [4.69, 9.17) is 11.6 Å². The van der Waals surface area contributed by atoms with Crippen LogP contribution in [0.3, 0.4) is 0 Å². The maximum absolute atomic E-state index is 12.9. The fraction of sp³-hybridized carbons (Fsp3) is 0.0741. The van der Waals surface area contributed by atoms with Gasteiger partial charge >= 0.3 is 0 Å². The Bertz CT molecular complexity index is 1420. The molecule has 0 aliphatic heterocycles. The van der Waals surface area contributed by atoms with Gasteiger partial charge < -0.3 is 5.32 Å². The molecule has 0 unspecified atom stereocenters. The van der Waals surface area contributed by atoms with Crippen LogP contribution >= 0.6 is 23.4 Å². The summed E-state index contributed by atoms with van der Waals surface area (Å²) >= 11 is 7.98. The summed E-state index contributed by atoms with van der Waals surface area (Å²) in [5, 5.41) is 3.04. The van der Waals surface area contributed by atoms with Crippen LogP contribution in [0.15, 0.2) is 107 Å². The molecule has 0 saturated carbocycles. The minimum absolute atomic E-state index is 0.134. The number of rotatable bonds is 8. The van der Waals surface area contributed by atoms with E-state index in [1.54, 1.807) is 23.9 Å². The zero-order valence-corrected chi connectivity index (χ0v) is 21.3. The van der Waals surface area contributed by atoms with Gasteiger partial charge in [0.15, 0.2) is 0 Å². The second kappa shape index (κ2) is 11.0. The van der Waals surface area contributed by atoms with Crippen LogP contribution in [0.5, 0.6) is 0 Å². The Labute approximate surface area is 214 Å². The number of carbonyl (C=O) groups is 1. The highest BCUT2D eigenvalue weighted by Gasteiger charge is 2.17. The molecule has 2 N–H and O–H groups in total. The number of carbonyl (C=O) groups excluding carboxylic acids is 1. The molecule has 0 radical (unpaired) electrons. The molecule has 0 atom stereocenters. The van der Waals surface area contributed by atoms with Gasteiger partial charge in [-0.05, 0) is 67.1 Å². The van der Waals surface area contributed by atoms with E-state index in [0.29, 0.717) is 5.69 Å². The van der Waals surface area contributed by atoms with Crippen molar-refractivity contribution in [1.29, 1.82) is 0 Å². The second-order valence-electron chi connectivity index (χ2n) is 7.87. The van der Waals surface area contributed by atoms with Gasteiger partial charge in [-0.25, -0.2) is 8.42 Å². The highest BCUT2D eigenvalue weighted by molar-refractivity contribution is 7.98. The van der Waals surface area contributed by atoms with E-state index in [0.717, 1.165) is 16.9 Å². The third-order valence-electron chi connectivity index (χ3n) is 5.15. The summed E-state index contributed by atoms with van der Waals surface area (Å²) in [6.07, 6.45) is 0. The Morgan fingerprint density at radius 2 is 1.51 bits per heavy atom. The van der Waals surface area contributed by atoms with Gasteiger partial charge in [0.1, 0.15) is 0 Å². The number of thioether (sulfide) groups is 1. The van der Waals surface area contributed by atoms with Crippen LogP contribution in [0.1, 0.15) is 21.5 Å². The Hall–Kier alpha value is -3.26. The minimum atomic E-state index is -3.80. The molecule has 4 aromatic carbocycles. The first kappa shape index (κ1) is 24.9. The normalized spacial score (nSPS) is 11.1. The quantitative estimate of drug-likeness (QED) is 0.244. The van der Waals surface area contributed by atoms with Crippen molar-refractivity contribution < 1.29 is 13.2 Å². The first-order chi connectivity index (χ1) is 16.8. The van der Waals surface area contributed by atoms with E-state index < -0.39 is 15.9 Å². The maximum Gasteiger partial charge on any atom is 0.261 e. The molecule has 0 heterocycles. The number of sulfonamides is 1. The van der Waals surface area contributed by atoms with Crippen molar-refractivity contribution in [3.8, 4) is 0 Å². The van der Waals surface area contributed by atoms with Crippen molar-refractivity contribution in [1.82, 2.24) is 0 Å². The minimum Gasteiger partial charge on any atom is -0.322 e. The maximum atomic E-state index is 12.9. The first-order valence-corrected chi connectivity index (χ1v) is 13.6. The summed E-state index contributed by atoms with van der Waals surface area (Å²) in [6.45, 7) is 1.88. The molecule has 5 nitrogen and oxygen atoms in total. The fourth-order valence-corrected chi connectivity index (χ4v) is 5.39. The molecule has 0 aromatic heterocycles. The van der Waals surface area contributed by atoms with Gasteiger partial charge in [-0.2, -0.15) is 0 Å². The van der Waals surface area contributed by atoms with Gasteiger partial charge in [-0.15, -0.1) is 11.8 Å². The van der Waals surface area contributed by atoms with Crippen LogP contribution in [-0.2, 0) is 15.8 Å². The number of hydrogen-bond donors (Lipinski definition) is 2. The summed E-state index contributed by atoms with van der Waals surface area (Å²) in [7, 11) is -3.80. The Morgan fingerprint density at radius 3 is 2.20 bits per heavy atom. The van der Waals surface area contributed by atoms with E-state index in [-0.39, 0.29) is 21.2 Å². The monoisotopic (exact) mass is 522 g/mol. The standard InChI is InChI=1S/C27H23ClN2O3S2/c1-19-7-14-24(15-8-19)35(32,33)30-22-13-16-26(28)25(17-22)27(31)29-21-11-9-20(10-12-21)18-34-23-5-3-2-4-6-23/h2-17,30H,18H2,1H3,(H,29,31). The van der Waals surface area contributed by atoms with Gasteiger partial charge in [-0.3, -0.25) is 9.52 Å². The van der Waals surface area contributed by atoms with Gasteiger partial charge in [0.05, 0.1) is 15.5 Å². The highest BCUT2D eigenvalue weighted by atomic mass is 35.5. The molecular weight excluding hydrogens is 500 g/mol. The molecule has 0 saturated heterocycles. The van der Waals surface area contributed by atoms with Gasteiger partial charge in [-0.1, -0.05) is 59.6 Å². The smallest absolute Gasteiger partial charge is 0.261 e. The third kappa shape index (κ3) is 6.66. The second-order valence-corrected chi connectivity index (χ2v) is 11.0. The topological polar surface area (TPSA) is 75.3 Å². The molecule has 8 heteroatoms. The number of anilines is 2. The number of aryl methyl sites for hydroxylation is 1. The Balaban J connectivity index is 1.43. The van der Waals surface area contributed by atoms with E-state index in [1.165, 1.54) is 35.2 Å². The number of amides is 1. The summed E-state index contributed by atoms with van der Waals surface area (Å²) in [6, 6.07) is 28.7. The molecule has 0 aliphatic rings. The van der Waals surface area contributed by atoms with Crippen LogP contribution in [-0.4, -0.2) is 14.3 Å². The van der Waals surface area contributed by atoms with Crippen molar-refractivity contribution in [3.63, 3.8) is 0 Å². The Kier molecular flexibility index (Phi) is 7.80.